The van der Waals surface area contributed by atoms with Crippen LogP contribution in [0.1, 0.15) is 58.3 Å². The van der Waals surface area contributed by atoms with Crippen molar-refractivity contribution in [3.05, 3.63) is 0 Å². The third-order valence-electron chi connectivity index (χ3n) is 5.25. The zero-order valence-corrected chi connectivity index (χ0v) is 12.4. The van der Waals surface area contributed by atoms with Crippen molar-refractivity contribution in [2.24, 2.45) is 11.8 Å². The molecule has 0 spiro atoms. The molecule has 0 bridgehead atoms. The van der Waals surface area contributed by atoms with Crippen molar-refractivity contribution in [2.45, 2.75) is 70.4 Å². The zero-order chi connectivity index (χ0) is 14.1. The minimum Gasteiger partial charge on any atom is -0.342 e. The van der Waals surface area contributed by atoms with E-state index in [0.29, 0.717) is 17.9 Å². The molecule has 3 unspecified atom stereocenters. The normalized spacial score (nSPS) is 35.0. The van der Waals surface area contributed by atoms with Crippen LogP contribution in [0.25, 0.3) is 0 Å². The first kappa shape index (κ1) is 13.9. The molecule has 1 saturated heterocycles. The number of nitrogens with zero attached hydrogens (tertiary/aromatic N) is 1. The van der Waals surface area contributed by atoms with Crippen molar-refractivity contribution in [3.63, 3.8) is 0 Å². The highest BCUT2D eigenvalue weighted by molar-refractivity contribution is 5.95. The second-order valence-corrected chi connectivity index (χ2v) is 6.76. The minimum absolute atomic E-state index is 0.0438. The average molecular weight is 278 g/mol. The summed E-state index contributed by atoms with van der Waals surface area (Å²) in [5.74, 6) is 1.25. The van der Waals surface area contributed by atoms with E-state index in [-0.39, 0.29) is 24.4 Å². The molecule has 1 N–H and O–H groups in total. The maximum absolute atomic E-state index is 12.7. The Morgan fingerprint density at radius 2 is 1.95 bits per heavy atom. The molecule has 3 atom stereocenters. The molecule has 3 aliphatic rings. The second kappa shape index (κ2) is 5.74. The quantitative estimate of drug-likeness (QED) is 0.856. The first-order chi connectivity index (χ1) is 9.70. The molecule has 4 heteroatoms. The highest BCUT2D eigenvalue weighted by atomic mass is 16.2. The number of amides is 2. The lowest BCUT2D eigenvalue weighted by Crippen LogP contribution is -2.61. The molecule has 2 aliphatic carbocycles. The lowest BCUT2D eigenvalue weighted by Gasteiger charge is -2.38. The van der Waals surface area contributed by atoms with Crippen LogP contribution in [0.15, 0.2) is 0 Å². The molecule has 2 saturated carbocycles. The van der Waals surface area contributed by atoms with Gasteiger partial charge >= 0.3 is 0 Å². The smallest absolute Gasteiger partial charge is 0.246 e. The summed E-state index contributed by atoms with van der Waals surface area (Å²) in [6, 6.07) is 0.110. The molecule has 1 aliphatic heterocycles. The molecule has 4 nitrogen and oxygen atoms in total. The topological polar surface area (TPSA) is 49.4 Å². The van der Waals surface area contributed by atoms with E-state index >= 15 is 0 Å². The second-order valence-electron chi connectivity index (χ2n) is 6.76. The SMILES string of the molecule is CCCC1CC1N1CC(=O)NC(C2CCCCC2)C1=O. The van der Waals surface area contributed by atoms with Gasteiger partial charge in [0.15, 0.2) is 0 Å². The molecule has 0 radical (unpaired) electrons. The van der Waals surface area contributed by atoms with Crippen molar-refractivity contribution >= 4 is 11.8 Å². The van der Waals surface area contributed by atoms with Crippen LogP contribution in [-0.4, -0.2) is 35.3 Å². The van der Waals surface area contributed by atoms with Crippen molar-refractivity contribution in [2.75, 3.05) is 6.54 Å². The number of carbonyl (C=O) groups excluding carboxylic acids is 2. The number of carbonyl (C=O) groups is 2. The predicted octanol–water partition coefficient (Wildman–Crippen LogP) is 2.08. The lowest BCUT2D eigenvalue weighted by molar-refractivity contribution is -0.147. The number of rotatable bonds is 4. The molecule has 3 fully saturated rings. The molecule has 2 amide bonds. The monoisotopic (exact) mass is 278 g/mol. The Bertz CT molecular complexity index is 390. The summed E-state index contributed by atoms with van der Waals surface area (Å²) >= 11 is 0. The lowest BCUT2D eigenvalue weighted by atomic mass is 9.82. The molecule has 20 heavy (non-hydrogen) atoms. The Kier molecular flexibility index (Phi) is 3.99. The van der Waals surface area contributed by atoms with Crippen LogP contribution in [0.4, 0.5) is 0 Å². The van der Waals surface area contributed by atoms with Crippen molar-refractivity contribution in [1.29, 1.82) is 0 Å². The molecule has 0 aromatic heterocycles. The van der Waals surface area contributed by atoms with Gasteiger partial charge in [-0.25, -0.2) is 0 Å². The third kappa shape index (κ3) is 2.70. The summed E-state index contributed by atoms with van der Waals surface area (Å²) in [7, 11) is 0. The average Bonchev–Trinajstić information content (AvgIpc) is 3.21. The number of hydrogen-bond donors (Lipinski definition) is 1. The first-order valence-electron chi connectivity index (χ1n) is 8.30. The van der Waals surface area contributed by atoms with E-state index in [0.717, 1.165) is 19.3 Å². The number of nitrogens with one attached hydrogen (secondary N) is 1. The van der Waals surface area contributed by atoms with Gasteiger partial charge in [0, 0.05) is 6.04 Å². The van der Waals surface area contributed by atoms with Crippen LogP contribution in [0, 0.1) is 11.8 Å². The number of hydrogen-bond acceptors (Lipinski definition) is 2. The Labute approximate surface area is 121 Å². The van der Waals surface area contributed by atoms with Crippen molar-refractivity contribution < 1.29 is 9.59 Å². The maximum atomic E-state index is 12.7. The van der Waals surface area contributed by atoms with Crippen LogP contribution in [-0.2, 0) is 9.59 Å². The molecule has 0 aromatic carbocycles. The maximum Gasteiger partial charge on any atom is 0.246 e. The molecule has 112 valence electrons. The van der Waals surface area contributed by atoms with E-state index in [1.165, 1.54) is 32.1 Å². The van der Waals surface area contributed by atoms with E-state index in [1.54, 1.807) is 0 Å². The van der Waals surface area contributed by atoms with Gasteiger partial charge in [-0.3, -0.25) is 9.59 Å². The van der Waals surface area contributed by atoms with Gasteiger partial charge in [-0.2, -0.15) is 0 Å². The summed E-state index contributed by atoms with van der Waals surface area (Å²) in [5.41, 5.74) is 0. The standard InChI is InChI=1S/C16H26N2O2/c1-2-6-12-9-13(12)18-10-14(19)17-15(16(18)20)11-7-4-3-5-8-11/h11-13,15H,2-10H2,1H3,(H,17,19). The molecular weight excluding hydrogens is 252 g/mol. The molecular formula is C16H26N2O2. The van der Waals surface area contributed by atoms with Gasteiger partial charge in [0.25, 0.3) is 0 Å². The van der Waals surface area contributed by atoms with Gasteiger partial charge < -0.3 is 10.2 Å². The summed E-state index contributed by atoms with van der Waals surface area (Å²) in [5, 5.41) is 2.97. The van der Waals surface area contributed by atoms with Gasteiger partial charge in [-0.15, -0.1) is 0 Å². The summed E-state index contributed by atoms with van der Waals surface area (Å²) < 4.78 is 0. The highest BCUT2D eigenvalue weighted by Gasteiger charge is 2.48. The molecule has 1 heterocycles. The largest absolute Gasteiger partial charge is 0.342 e. The Balaban J connectivity index is 1.66. The summed E-state index contributed by atoms with van der Waals surface area (Å²) in [6.45, 7) is 2.47. The van der Waals surface area contributed by atoms with Crippen LogP contribution in [0.3, 0.4) is 0 Å². The van der Waals surface area contributed by atoms with Crippen molar-refractivity contribution in [1.82, 2.24) is 10.2 Å². The first-order valence-corrected chi connectivity index (χ1v) is 8.30. The Morgan fingerprint density at radius 3 is 2.65 bits per heavy atom. The van der Waals surface area contributed by atoms with Gasteiger partial charge in [-0.1, -0.05) is 32.6 Å². The van der Waals surface area contributed by atoms with Crippen LogP contribution in [0.2, 0.25) is 0 Å². The minimum atomic E-state index is -0.237. The van der Waals surface area contributed by atoms with Crippen LogP contribution in [0.5, 0.6) is 0 Å². The fourth-order valence-corrected chi connectivity index (χ4v) is 4.05. The van der Waals surface area contributed by atoms with E-state index < -0.39 is 0 Å². The van der Waals surface area contributed by atoms with E-state index in [1.807, 2.05) is 4.90 Å². The molecule has 3 rings (SSSR count). The fraction of sp³-hybridized carbons (Fsp3) is 0.875. The Hall–Kier alpha value is -1.06. The van der Waals surface area contributed by atoms with Crippen LogP contribution < -0.4 is 5.32 Å². The third-order valence-corrected chi connectivity index (χ3v) is 5.25. The van der Waals surface area contributed by atoms with E-state index in [9.17, 15) is 9.59 Å². The molecule has 0 aromatic rings. The number of piperazine rings is 1. The van der Waals surface area contributed by atoms with Crippen molar-refractivity contribution in [3.8, 4) is 0 Å². The van der Waals surface area contributed by atoms with E-state index in [4.69, 9.17) is 0 Å². The van der Waals surface area contributed by atoms with Gasteiger partial charge in [0.1, 0.15) is 6.04 Å². The Morgan fingerprint density at radius 1 is 1.20 bits per heavy atom. The van der Waals surface area contributed by atoms with Gasteiger partial charge in [0.05, 0.1) is 6.54 Å². The van der Waals surface area contributed by atoms with Gasteiger partial charge in [0.2, 0.25) is 11.8 Å². The highest BCUT2D eigenvalue weighted by Crippen LogP contribution is 2.41. The fourth-order valence-electron chi connectivity index (χ4n) is 4.05. The summed E-state index contributed by atoms with van der Waals surface area (Å²) in [6.07, 6.45) is 9.31. The van der Waals surface area contributed by atoms with Crippen LogP contribution >= 0.6 is 0 Å². The zero-order valence-electron chi connectivity index (χ0n) is 12.4. The summed E-state index contributed by atoms with van der Waals surface area (Å²) in [4.78, 5) is 26.6. The van der Waals surface area contributed by atoms with Gasteiger partial charge in [-0.05, 0) is 37.5 Å². The predicted molar refractivity (Wildman–Crippen MR) is 77.0 cm³/mol. The van der Waals surface area contributed by atoms with E-state index in [2.05, 4.69) is 12.2 Å².